The molecule has 0 aromatic heterocycles. The Bertz CT molecular complexity index is 1560. The van der Waals surface area contributed by atoms with Crippen LogP contribution < -0.4 is 15.5 Å². The minimum atomic E-state index is -4.68. The molecule has 0 aliphatic carbocycles. The van der Waals surface area contributed by atoms with Gasteiger partial charge in [0, 0.05) is 36.8 Å². The summed E-state index contributed by atoms with van der Waals surface area (Å²) in [6.07, 6.45) is -5.23. The molecule has 3 heterocycles. The highest BCUT2D eigenvalue weighted by atomic mass is 19.4. The summed E-state index contributed by atoms with van der Waals surface area (Å²) < 4.78 is 41.1. The Morgan fingerprint density at radius 3 is 2.23 bits per heavy atom. The quantitative estimate of drug-likeness (QED) is 0.442. The van der Waals surface area contributed by atoms with Gasteiger partial charge in [-0.3, -0.25) is 9.69 Å². The highest BCUT2D eigenvalue weighted by molar-refractivity contribution is 6.20. The molecular formula is C32H31F3N6O3. The average Bonchev–Trinajstić information content (AvgIpc) is 3.39. The van der Waals surface area contributed by atoms with Crippen molar-refractivity contribution in [2.75, 3.05) is 31.1 Å². The van der Waals surface area contributed by atoms with Crippen LogP contribution in [-0.4, -0.2) is 78.0 Å². The summed E-state index contributed by atoms with van der Waals surface area (Å²) >= 11 is 0. The summed E-state index contributed by atoms with van der Waals surface area (Å²) in [4.78, 5) is 48.3. The SMILES string of the molecule is O=C(N[C@@H]1N=C(c2ccccc2)c2ccccc2N(CC(F)(F)F)C1=O)N1CCC(N2CC(c3ccccc3)NC2=O)CC1. The maximum absolute atomic E-state index is 13.7. The lowest BCUT2D eigenvalue weighted by Crippen LogP contribution is -2.55. The normalized spacial score (nSPS) is 21.0. The topological polar surface area (TPSA) is 97.3 Å². The molecule has 3 aromatic rings. The molecule has 2 N–H and O–H groups in total. The molecule has 0 radical (unpaired) electrons. The maximum atomic E-state index is 13.7. The smallest absolute Gasteiger partial charge is 0.329 e. The van der Waals surface area contributed by atoms with Crippen molar-refractivity contribution in [3.63, 3.8) is 0 Å². The predicted octanol–water partition coefficient (Wildman–Crippen LogP) is 4.70. The van der Waals surface area contributed by atoms with Crippen molar-refractivity contribution in [3.05, 3.63) is 102 Å². The van der Waals surface area contributed by atoms with E-state index in [0.717, 1.165) is 5.56 Å². The number of nitrogens with zero attached hydrogens (tertiary/aromatic N) is 4. The van der Waals surface area contributed by atoms with E-state index in [4.69, 9.17) is 0 Å². The second-order valence-electron chi connectivity index (χ2n) is 11.0. The number of aliphatic imine (C=N–C) groups is 1. The van der Waals surface area contributed by atoms with E-state index in [1.165, 1.54) is 11.0 Å². The molecule has 1 unspecified atom stereocenters. The van der Waals surface area contributed by atoms with Gasteiger partial charge >= 0.3 is 18.2 Å². The van der Waals surface area contributed by atoms with Crippen LogP contribution in [-0.2, 0) is 4.79 Å². The van der Waals surface area contributed by atoms with Crippen LogP contribution in [0.25, 0.3) is 0 Å². The Morgan fingerprint density at radius 1 is 0.909 bits per heavy atom. The van der Waals surface area contributed by atoms with E-state index in [1.807, 2.05) is 30.3 Å². The van der Waals surface area contributed by atoms with E-state index in [1.54, 1.807) is 53.4 Å². The van der Waals surface area contributed by atoms with E-state index in [0.29, 0.717) is 54.2 Å². The van der Waals surface area contributed by atoms with Crippen molar-refractivity contribution in [2.24, 2.45) is 4.99 Å². The largest absolute Gasteiger partial charge is 0.406 e. The molecule has 2 saturated heterocycles. The van der Waals surface area contributed by atoms with Gasteiger partial charge in [-0.25, -0.2) is 14.6 Å². The van der Waals surface area contributed by atoms with Gasteiger partial charge in [0.1, 0.15) is 6.54 Å². The van der Waals surface area contributed by atoms with Gasteiger partial charge in [-0.1, -0.05) is 78.9 Å². The summed E-state index contributed by atoms with van der Waals surface area (Å²) in [6.45, 7) is -0.402. The molecule has 2 fully saturated rings. The number of amides is 5. The van der Waals surface area contributed by atoms with Crippen LogP contribution in [0, 0.1) is 0 Å². The first kappa shape index (κ1) is 29.2. The lowest BCUT2D eigenvalue weighted by Gasteiger charge is -2.36. The van der Waals surface area contributed by atoms with E-state index in [9.17, 15) is 27.6 Å². The second-order valence-corrected chi connectivity index (χ2v) is 11.0. The van der Waals surface area contributed by atoms with E-state index < -0.39 is 30.8 Å². The second kappa shape index (κ2) is 12.0. The number of piperidine rings is 1. The van der Waals surface area contributed by atoms with E-state index >= 15 is 0 Å². The van der Waals surface area contributed by atoms with Gasteiger partial charge in [0.05, 0.1) is 17.4 Å². The first-order valence-electron chi connectivity index (χ1n) is 14.5. The van der Waals surface area contributed by atoms with Crippen LogP contribution >= 0.6 is 0 Å². The van der Waals surface area contributed by atoms with Crippen molar-refractivity contribution < 1.29 is 27.6 Å². The van der Waals surface area contributed by atoms with Gasteiger partial charge in [-0.2, -0.15) is 13.2 Å². The molecule has 3 aliphatic rings. The van der Waals surface area contributed by atoms with Crippen LogP contribution in [0.15, 0.2) is 89.9 Å². The number of halogens is 3. The highest BCUT2D eigenvalue weighted by Crippen LogP contribution is 2.31. The summed E-state index contributed by atoms with van der Waals surface area (Å²) in [5.41, 5.74) is 2.33. The fourth-order valence-electron chi connectivity index (χ4n) is 6.03. The molecule has 6 rings (SSSR count). The number of para-hydroxylation sites is 1. The summed E-state index contributed by atoms with van der Waals surface area (Å²) in [5.74, 6) is -0.982. The number of anilines is 1. The van der Waals surface area contributed by atoms with Gasteiger partial charge in [-0.05, 0) is 24.5 Å². The Labute approximate surface area is 252 Å². The van der Waals surface area contributed by atoms with E-state index in [-0.39, 0.29) is 23.8 Å². The van der Waals surface area contributed by atoms with Crippen molar-refractivity contribution in [2.45, 2.75) is 37.3 Å². The van der Waals surface area contributed by atoms with Crippen LogP contribution in [0.1, 0.15) is 35.6 Å². The Kier molecular flexibility index (Phi) is 7.98. The average molecular weight is 605 g/mol. The standard InChI is InChI=1S/C32H31F3N6O3/c33-32(34,35)20-41-26-14-8-7-13-24(26)27(22-11-5-2-6-12-22)37-28(29(41)42)38-30(43)39-17-15-23(16-18-39)40-19-25(36-31(40)44)21-9-3-1-4-10-21/h1-14,23,25,28H,15-20H2,(H,36,44)(H,38,43)/t25?,28-/m0/s1. The first-order chi connectivity index (χ1) is 21.2. The highest BCUT2D eigenvalue weighted by Gasteiger charge is 2.41. The molecule has 12 heteroatoms. The zero-order valence-electron chi connectivity index (χ0n) is 23.7. The van der Waals surface area contributed by atoms with Crippen molar-refractivity contribution in [3.8, 4) is 0 Å². The van der Waals surface area contributed by atoms with Crippen LogP contribution in [0.4, 0.5) is 28.4 Å². The fourth-order valence-corrected chi connectivity index (χ4v) is 6.03. The monoisotopic (exact) mass is 604 g/mol. The number of carbonyl (C=O) groups excluding carboxylic acids is 3. The molecular weight excluding hydrogens is 573 g/mol. The van der Waals surface area contributed by atoms with Crippen molar-refractivity contribution in [1.29, 1.82) is 0 Å². The zero-order chi connectivity index (χ0) is 30.8. The molecule has 3 aromatic carbocycles. The predicted molar refractivity (Wildman–Crippen MR) is 158 cm³/mol. The van der Waals surface area contributed by atoms with E-state index in [2.05, 4.69) is 15.6 Å². The van der Waals surface area contributed by atoms with Crippen LogP contribution in [0.5, 0.6) is 0 Å². The number of rotatable bonds is 5. The summed E-state index contributed by atoms with van der Waals surface area (Å²) in [7, 11) is 0. The number of urea groups is 2. The number of carbonyl (C=O) groups is 3. The van der Waals surface area contributed by atoms with Gasteiger partial charge in [0.25, 0.3) is 5.91 Å². The minimum absolute atomic E-state index is 0.0627. The van der Waals surface area contributed by atoms with Crippen LogP contribution in [0.3, 0.4) is 0 Å². The van der Waals surface area contributed by atoms with Gasteiger partial charge in [0.2, 0.25) is 6.17 Å². The number of hydrogen-bond donors (Lipinski definition) is 2. The fraction of sp³-hybridized carbons (Fsp3) is 0.312. The van der Waals surface area contributed by atoms with Crippen molar-refractivity contribution in [1.82, 2.24) is 20.4 Å². The van der Waals surface area contributed by atoms with Gasteiger partial charge in [-0.15, -0.1) is 0 Å². The minimum Gasteiger partial charge on any atom is -0.329 e. The molecule has 0 bridgehead atoms. The molecule has 5 amide bonds. The summed E-state index contributed by atoms with van der Waals surface area (Å²) in [5, 5.41) is 5.62. The number of nitrogens with one attached hydrogen (secondary N) is 2. The number of benzene rings is 3. The molecule has 44 heavy (non-hydrogen) atoms. The molecule has 3 aliphatic heterocycles. The van der Waals surface area contributed by atoms with Gasteiger partial charge < -0.3 is 20.4 Å². The lowest BCUT2D eigenvalue weighted by molar-refractivity contribution is -0.133. The molecule has 0 saturated carbocycles. The third kappa shape index (κ3) is 6.10. The number of likely N-dealkylation sites (tertiary alicyclic amines) is 1. The van der Waals surface area contributed by atoms with Gasteiger partial charge in [0.15, 0.2) is 0 Å². The Hall–Kier alpha value is -4.87. The van der Waals surface area contributed by atoms with Crippen molar-refractivity contribution >= 4 is 29.4 Å². The number of fused-ring (bicyclic) bond motifs is 1. The lowest BCUT2D eigenvalue weighted by atomic mass is 10.0. The Morgan fingerprint density at radius 2 is 1.55 bits per heavy atom. The third-order valence-electron chi connectivity index (χ3n) is 8.19. The Balaban J connectivity index is 1.19. The first-order valence-corrected chi connectivity index (χ1v) is 14.5. The number of hydrogen-bond acceptors (Lipinski definition) is 4. The zero-order valence-corrected chi connectivity index (χ0v) is 23.7. The maximum Gasteiger partial charge on any atom is 0.406 e. The molecule has 228 valence electrons. The molecule has 9 nitrogen and oxygen atoms in total. The summed E-state index contributed by atoms with van der Waals surface area (Å²) in [6, 6.07) is 23.9. The number of alkyl halides is 3. The molecule has 2 atom stereocenters. The third-order valence-corrected chi connectivity index (χ3v) is 8.19. The molecule has 0 spiro atoms. The number of benzodiazepines with no additional fused rings is 1. The van der Waals surface area contributed by atoms with Crippen LogP contribution in [0.2, 0.25) is 0 Å².